The number of halogens is 1. The molecule has 0 saturated heterocycles. The first-order valence-corrected chi connectivity index (χ1v) is 5.19. The quantitative estimate of drug-likeness (QED) is 0.900. The number of ether oxygens (including phenoxy) is 1. The van der Waals surface area contributed by atoms with E-state index in [-0.39, 0.29) is 12.1 Å². The second-order valence-electron chi connectivity index (χ2n) is 3.09. The molecule has 0 aliphatic rings. The van der Waals surface area contributed by atoms with Crippen LogP contribution < -0.4 is 5.32 Å². The summed E-state index contributed by atoms with van der Waals surface area (Å²) in [6.07, 6.45) is 3.36. The normalized spacial score (nSPS) is 14.9. The molecule has 0 fully saturated rings. The van der Waals surface area contributed by atoms with Gasteiger partial charge in [0.1, 0.15) is 12.1 Å². The molecule has 1 unspecified atom stereocenters. The van der Waals surface area contributed by atoms with Gasteiger partial charge in [0, 0.05) is 13.3 Å². The lowest BCUT2D eigenvalue weighted by molar-refractivity contribution is 0.106. The van der Waals surface area contributed by atoms with Crippen LogP contribution in [0.4, 0.5) is 5.82 Å². The average molecular weight is 260 g/mol. The van der Waals surface area contributed by atoms with Gasteiger partial charge in [-0.05, 0) is 29.8 Å². The zero-order valence-electron chi connectivity index (χ0n) is 8.49. The maximum absolute atomic E-state index is 5.20. The summed E-state index contributed by atoms with van der Waals surface area (Å²) in [4.78, 5) is 8.00. The molecule has 1 aromatic heterocycles. The van der Waals surface area contributed by atoms with Crippen LogP contribution in [0.15, 0.2) is 17.0 Å². The van der Waals surface area contributed by atoms with Gasteiger partial charge in [0.15, 0.2) is 0 Å². The number of hydrogen-bond acceptors (Lipinski definition) is 4. The minimum atomic E-state index is 0.136. The highest BCUT2D eigenvalue weighted by molar-refractivity contribution is 9.10. The fourth-order valence-electron chi connectivity index (χ4n) is 0.956. The Morgan fingerprint density at radius 1 is 1.50 bits per heavy atom. The molecule has 4 nitrogen and oxygen atoms in total. The molecule has 2 atom stereocenters. The van der Waals surface area contributed by atoms with Gasteiger partial charge in [-0.15, -0.1) is 0 Å². The van der Waals surface area contributed by atoms with Crippen molar-refractivity contribution in [1.82, 2.24) is 9.97 Å². The molecular weight excluding hydrogens is 246 g/mol. The van der Waals surface area contributed by atoms with Crippen LogP contribution in [0.5, 0.6) is 0 Å². The lowest BCUT2D eigenvalue weighted by Gasteiger charge is -2.20. The number of aromatic nitrogens is 2. The third kappa shape index (κ3) is 2.92. The summed E-state index contributed by atoms with van der Waals surface area (Å²) in [5.41, 5.74) is 0. The summed E-state index contributed by atoms with van der Waals surface area (Å²) in [6.45, 7) is 4.05. The van der Waals surface area contributed by atoms with Crippen LogP contribution in [0.2, 0.25) is 0 Å². The van der Waals surface area contributed by atoms with Gasteiger partial charge in [0.2, 0.25) is 0 Å². The first-order chi connectivity index (χ1) is 6.65. The minimum Gasteiger partial charge on any atom is -0.380 e. The van der Waals surface area contributed by atoms with E-state index in [2.05, 4.69) is 31.2 Å². The number of nitrogens with one attached hydrogen (secondary N) is 1. The third-order valence-corrected chi connectivity index (χ3v) is 2.69. The highest BCUT2D eigenvalue weighted by atomic mass is 79.9. The molecule has 0 spiro atoms. The molecule has 0 amide bonds. The summed E-state index contributed by atoms with van der Waals surface area (Å²) in [5, 5.41) is 3.24. The minimum absolute atomic E-state index is 0.136. The lowest BCUT2D eigenvalue weighted by Crippen LogP contribution is -2.30. The number of rotatable bonds is 4. The SMILES string of the molecule is COC(C)[C@@H](C)Nc1ncncc1Br. The van der Waals surface area contributed by atoms with Crippen LogP contribution in [-0.2, 0) is 4.74 Å². The molecule has 0 aliphatic carbocycles. The number of hydrogen-bond donors (Lipinski definition) is 1. The van der Waals surface area contributed by atoms with Crippen molar-refractivity contribution in [2.75, 3.05) is 12.4 Å². The van der Waals surface area contributed by atoms with Crippen molar-refractivity contribution in [2.24, 2.45) is 0 Å². The zero-order chi connectivity index (χ0) is 10.6. The van der Waals surface area contributed by atoms with E-state index >= 15 is 0 Å². The molecule has 0 bridgehead atoms. The van der Waals surface area contributed by atoms with Gasteiger partial charge in [0.05, 0.1) is 16.6 Å². The van der Waals surface area contributed by atoms with E-state index in [4.69, 9.17) is 4.74 Å². The molecular formula is C9H14BrN3O. The molecule has 1 N–H and O–H groups in total. The third-order valence-electron chi connectivity index (χ3n) is 2.11. The molecule has 1 heterocycles. The monoisotopic (exact) mass is 259 g/mol. The Morgan fingerprint density at radius 2 is 2.21 bits per heavy atom. The Labute approximate surface area is 92.2 Å². The van der Waals surface area contributed by atoms with Crippen LogP contribution >= 0.6 is 15.9 Å². The summed E-state index contributed by atoms with van der Waals surface area (Å²) >= 11 is 3.37. The molecule has 1 rings (SSSR count). The maximum atomic E-state index is 5.20. The molecule has 0 aliphatic heterocycles. The van der Waals surface area contributed by atoms with Crippen molar-refractivity contribution in [3.63, 3.8) is 0 Å². The van der Waals surface area contributed by atoms with Crippen molar-refractivity contribution in [3.05, 3.63) is 17.0 Å². The number of anilines is 1. The predicted octanol–water partition coefficient (Wildman–Crippen LogP) is 2.07. The first-order valence-electron chi connectivity index (χ1n) is 4.40. The van der Waals surface area contributed by atoms with Gasteiger partial charge >= 0.3 is 0 Å². The Morgan fingerprint density at radius 3 is 2.79 bits per heavy atom. The molecule has 78 valence electrons. The van der Waals surface area contributed by atoms with Crippen molar-refractivity contribution in [2.45, 2.75) is 26.0 Å². The van der Waals surface area contributed by atoms with E-state index in [1.165, 1.54) is 6.33 Å². The molecule has 1 aromatic rings. The highest BCUT2D eigenvalue weighted by Crippen LogP contribution is 2.18. The Balaban J connectivity index is 2.64. The first kappa shape index (κ1) is 11.4. The maximum Gasteiger partial charge on any atom is 0.144 e. The van der Waals surface area contributed by atoms with Gasteiger partial charge in [-0.1, -0.05) is 0 Å². The van der Waals surface area contributed by atoms with E-state index in [0.717, 1.165) is 10.3 Å². The Kier molecular flexibility index (Phi) is 4.28. The second kappa shape index (κ2) is 5.26. The van der Waals surface area contributed by atoms with Gasteiger partial charge < -0.3 is 10.1 Å². The van der Waals surface area contributed by atoms with Crippen LogP contribution in [0.3, 0.4) is 0 Å². The topological polar surface area (TPSA) is 47.0 Å². The largest absolute Gasteiger partial charge is 0.380 e. The van der Waals surface area contributed by atoms with Gasteiger partial charge in [0.25, 0.3) is 0 Å². The Hall–Kier alpha value is -0.680. The standard InChI is InChI=1S/C9H14BrN3O/c1-6(7(2)14-3)13-9-8(10)4-11-5-12-9/h4-7H,1-3H3,(H,11,12,13)/t6-,7?/m1/s1. The molecule has 0 aromatic carbocycles. The van der Waals surface area contributed by atoms with Gasteiger partial charge in [-0.25, -0.2) is 9.97 Å². The smallest absolute Gasteiger partial charge is 0.144 e. The fourth-order valence-corrected chi connectivity index (χ4v) is 1.29. The van der Waals surface area contributed by atoms with Crippen molar-refractivity contribution >= 4 is 21.7 Å². The van der Waals surface area contributed by atoms with E-state index in [1.807, 2.05) is 13.8 Å². The fraction of sp³-hybridized carbons (Fsp3) is 0.556. The van der Waals surface area contributed by atoms with Crippen LogP contribution in [-0.4, -0.2) is 29.2 Å². The molecule has 0 saturated carbocycles. The van der Waals surface area contributed by atoms with Crippen LogP contribution in [0.25, 0.3) is 0 Å². The molecule has 0 radical (unpaired) electrons. The van der Waals surface area contributed by atoms with Gasteiger partial charge in [-0.2, -0.15) is 0 Å². The summed E-state index contributed by atoms with van der Waals surface area (Å²) in [6, 6.07) is 0.200. The lowest BCUT2D eigenvalue weighted by atomic mass is 10.2. The molecule has 14 heavy (non-hydrogen) atoms. The van der Waals surface area contributed by atoms with E-state index in [1.54, 1.807) is 13.3 Å². The van der Waals surface area contributed by atoms with Crippen molar-refractivity contribution in [1.29, 1.82) is 0 Å². The second-order valence-corrected chi connectivity index (χ2v) is 3.95. The zero-order valence-corrected chi connectivity index (χ0v) is 10.1. The summed E-state index contributed by atoms with van der Waals surface area (Å²) in [5.74, 6) is 0.788. The van der Waals surface area contributed by atoms with Crippen molar-refractivity contribution < 1.29 is 4.74 Å². The number of methoxy groups -OCH3 is 1. The molecule has 5 heteroatoms. The predicted molar refractivity (Wildman–Crippen MR) is 59.3 cm³/mol. The van der Waals surface area contributed by atoms with Gasteiger partial charge in [-0.3, -0.25) is 0 Å². The summed E-state index contributed by atoms with van der Waals surface area (Å²) < 4.78 is 6.06. The Bertz CT molecular complexity index is 295. The average Bonchev–Trinajstić information content (AvgIpc) is 2.20. The highest BCUT2D eigenvalue weighted by Gasteiger charge is 2.12. The van der Waals surface area contributed by atoms with Crippen LogP contribution in [0.1, 0.15) is 13.8 Å². The number of nitrogens with zero attached hydrogens (tertiary/aromatic N) is 2. The van der Waals surface area contributed by atoms with E-state index in [9.17, 15) is 0 Å². The van der Waals surface area contributed by atoms with Crippen LogP contribution in [0, 0.1) is 0 Å². The summed E-state index contributed by atoms with van der Waals surface area (Å²) in [7, 11) is 1.69. The van der Waals surface area contributed by atoms with E-state index in [0.29, 0.717) is 0 Å². The van der Waals surface area contributed by atoms with E-state index < -0.39 is 0 Å². The van der Waals surface area contributed by atoms with Crippen molar-refractivity contribution in [3.8, 4) is 0 Å².